The van der Waals surface area contributed by atoms with Crippen LogP contribution in [0.5, 0.6) is 0 Å². The predicted octanol–water partition coefficient (Wildman–Crippen LogP) is 4.87. The molecule has 2 aromatic heterocycles. The molecule has 15 heteroatoms. The predicted molar refractivity (Wildman–Crippen MR) is 206 cm³/mol. The first-order valence-electron chi connectivity index (χ1n) is 18.4. The normalized spacial score (nSPS) is 19.9. The highest BCUT2D eigenvalue weighted by atomic mass is 32.2. The molecule has 5 heterocycles. The summed E-state index contributed by atoms with van der Waals surface area (Å²) in [6.45, 7) is 10.2. The molecule has 1 radical (unpaired) electrons. The number of nitrogens with one attached hydrogen (secondary N) is 1. The van der Waals surface area contributed by atoms with Gasteiger partial charge >= 0.3 is 11.9 Å². The van der Waals surface area contributed by atoms with Gasteiger partial charge in [-0.25, -0.2) is 23.0 Å². The molecule has 2 aromatic carbocycles. The average molecular weight is 783 g/mol. The van der Waals surface area contributed by atoms with E-state index in [1.807, 2.05) is 71.0 Å². The van der Waals surface area contributed by atoms with Crippen LogP contribution in [-0.2, 0) is 57.8 Å². The zero-order chi connectivity index (χ0) is 40.2. The van der Waals surface area contributed by atoms with Crippen LogP contribution in [0.3, 0.4) is 0 Å². The van der Waals surface area contributed by atoms with Gasteiger partial charge in [0.2, 0.25) is 5.60 Å². The lowest BCUT2D eigenvalue weighted by molar-refractivity contribution is -0.239. The van der Waals surface area contributed by atoms with Crippen LogP contribution in [0.1, 0.15) is 69.7 Å². The Hall–Kier alpha value is -5.22. The summed E-state index contributed by atoms with van der Waals surface area (Å²) in [5.41, 5.74) is 0.858. The quantitative estimate of drug-likeness (QED) is 0.0640. The number of nitrogens with zero attached hydrogens (tertiary/aromatic N) is 4. The van der Waals surface area contributed by atoms with Gasteiger partial charge in [0.1, 0.15) is 19.0 Å². The molecule has 4 aromatic rings. The van der Waals surface area contributed by atoms with E-state index < -0.39 is 45.2 Å². The van der Waals surface area contributed by atoms with Crippen LogP contribution in [0.2, 0.25) is 0 Å². The maximum Gasteiger partial charge on any atom is 0.355 e. The standard InChI is InChI=1S/C41H44N5O9S/c1-7-41(31-19-33-36-27(18-26-10-8-9-11-32(26)43-36)22-45(33)37(48)30(31)24-54-38(41)49)55-35(47)21-42-34(44-56(51,52)29-14-12-25(2)13-15-29)16-17-53-23-28-20-39(3,4)46(50)40(28,5)6/h8-15,18-20H,7,16-17,21-24H2,1-6H3,(H,42,44)/t41-/m0/s1. The van der Waals surface area contributed by atoms with Crippen LogP contribution in [0.25, 0.3) is 22.3 Å². The maximum atomic E-state index is 13.9. The van der Waals surface area contributed by atoms with E-state index in [9.17, 15) is 28.0 Å². The number of esters is 2. The van der Waals surface area contributed by atoms with E-state index in [-0.39, 0.29) is 66.6 Å². The molecule has 1 N–H and O–H groups in total. The van der Waals surface area contributed by atoms with Gasteiger partial charge in [0, 0.05) is 22.9 Å². The molecular formula is C41H44N5O9S. The van der Waals surface area contributed by atoms with Gasteiger partial charge < -0.3 is 18.8 Å². The molecule has 7 rings (SSSR count). The summed E-state index contributed by atoms with van der Waals surface area (Å²) in [7, 11) is -4.12. The van der Waals surface area contributed by atoms with E-state index in [0.717, 1.165) is 32.7 Å². The van der Waals surface area contributed by atoms with Crippen LogP contribution in [0, 0.1) is 6.92 Å². The number of sulfonamides is 1. The monoisotopic (exact) mass is 782 g/mol. The van der Waals surface area contributed by atoms with Gasteiger partial charge in [-0.3, -0.25) is 14.5 Å². The molecule has 56 heavy (non-hydrogen) atoms. The molecular weight excluding hydrogens is 739 g/mol. The molecule has 0 aliphatic carbocycles. The van der Waals surface area contributed by atoms with Crippen molar-refractivity contribution in [2.75, 3.05) is 19.8 Å². The highest BCUT2D eigenvalue weighted by molar-refractivity contribution is 7.90. The third kappa shape index (κ3) is 6.93. The van der Waals surface area contributed by atoms with Crippen LogP contribution in [0.15, 0.2) is 87.0 Å². The van der Waals surface area contributed by atoms with E-state index in [2.05, 4.69) is 9.71 Å². The molecule has 3 aliphatic rings. The van der Waals surface area contributed by atoms with Crippen molar-refractivity contribution in [3.05, 3.63) is 105 Å². The third-order valence-corrected chi connectivity index (χ3v) is 12.1. The zero-order valence-corrected chi connectivity index (χ0v) is 33.0. The van der Waals surface area contributed by atoms with Gasteiger partial charge in [-0.2, -0.15) is 0 Å². The minimum absolute atomic E-state index is 0.00451. The Morgan fingerprint density at radius 3 is 2.48 bits per heavy atom. The first-order valence-corrected chi connectivity index (χ1v) is 19.9. The molecule has 293 valence electrons. The SMILES string of the molecule is CC[C@@]1(OC(=O)CN=C(CCOCC2=CC(C)(C)N([O])C2(C)C)NS(=O)(=O)c2ccc(C)cc2)C(=O)OCc2c1cc1n(c2=O)Cc2cc3ccccc3nc2-1. The number of hydroxylamine groups is 2. The lowest BCUT2D eigenvalue weighted by atomic mass is 9.85. The number of amidine groups is 1. The molecule has 0 fully saturated rings. The second-order valence-corrected chi connectivity index (χ2v) is 17.1. The Balaban J connectivity index is 1.15. The number of hydrogen-bond acceptors (Lipinski definition) is 11. The fourth-order valence-corrected chi connectivity index (χ4v) is 8.73. The fraction of sp³-hybridized carbons (Fsp3) is 0.390. The first kappa shape index (κ1) is 39.0. The largest absolute Gasteiger partial charge is 0.457 e. The Morgan fingerprint density at radius 2 is 1.79 bits per heavy atom. The van der Waals surface area contributed by atoms with E-state index in [1.54, 1.807) is 29.7 Å². The number of para-hydroxylation sites is 1. The third-order valence-electron chi connectivity index (χ3n) is 10.7. The first-order chi connectivity index (χ1) is 26.5. The van der Waals surface area contributed by atoms with Gasteiger partial charge in [-0.05, 0) is 76.9 Å². The zero-order valence-electron chi connectivity index (χ0n) is 32.2. The molecule has 1 atom stereocenters. The minimum atomic E-state index is -4.12. The number of fused-ring (bicyclic) bond motifs is 5. The second kappa shape index (κ2) is 14.4. The van der Waals surface area contributed by atoms with Crippen molar-refractivity contribution in [2.45, 2.75) is 89.1 Å². The lowest BCUT2D eigenvalue weighted by Crippen LogP contribution is -2.48. The van der Waals surface area contributed by atoms with Gasteiger partial charge in [0.15, 0.2) is 0 Å². The number of pyridine rings is 2. The summed E-state index contributed by atoms with van der Waals surface area (Å²) in [5, 5.41) is 14.8. The number of aryl methyl sites for hydroxylation is 1. The summed E-state index contributed by atoms with van der Waals surface area (Å²) in [4.78, 5) is 50.3. The Morgan fingerprint density at radius 1 is 1.05 bits per heavy atom. The van der Waals surface area contributed by atoms with Crippen molar-refractivity contribution in [3.8, 4) is 11.4 Å². The van der Waals surface area contributed by atoms with E-state index in [0.29, 0.717) is 11.4 Å². The minimum Gasteiger partial charge on any atom is -0.457 e. The number of carbonyl (C=O) groups excluding carboxylic acids is 2. The summed E-state index contributed by atoms with van der Waals surface area (Å²) in [6, 6.07) is 17.5. The van der Waals surface area contributed by atoms with Crippen molar-refractivity contribution in [2.24, 2.45) is 4.99 Å². The van der Waals surface area contributed by atoms with Crippen molar-refractivity contribution in [1.29, 1.82) is 0 Å². The van der Waals surface area contributed by atoms with Crippen molar-refractivity contribution >= 4 is 38.7 Å². The highest BCUT2D eigenvalue weighted by Crippen LogP contribution is 2.41. The van der Waals surface area contributed by atoms with E-state index in [4.69, 9.17) is 19.2 Å². The molecule has 0 spiro atoms. The number of aliphatic imine (C=N–C) groups is 1. The van der Waals surface area contributed by atoms with Crippen LogP contribution in [-0.4, -0.2) is 71.6 Å². The number of benzene rings is 2. The summed E-state index contributed by atoms with van der Waals surface area (Å²) < 4.78 is 48.2. The molecule has 0 bridgehead atoms. The molecule has 0 unspecified atom stereocenters. The Bertz CT molecular complexity index is 2490. The summed E-state index contributed by atoms with van der Waals surface area (Å²) in [5.74, 6) is -1.88. The highest BCUT2D eigenvalue weighted by Gasteiger charge is 2.50. The van der Waals surface area contributed by atoms with Gasteiger partial charge in [0.05, 0.1) is 58.2 Å². The van der Waals surface area contributed by atoms with Gasteiger partial charge in [-0.15, -0.1) is 10.3 Å². The number of rotatable bonds is 11. The molecule has 0 saturated heterocycles. The van der Waals surface area contributed by atoms with Crippen LogP contribution >= 0.6 is 0 Å². The van der Waals surface area contributed by atoms with Crippen molar-refractivity contribution in [3.63, 3.8) is 0 Å². The molecule has 0 amide bonds. The number of cyclic esters (lactones) is 1. The molecule has 14 nitrogen and oxygen atoms in total. The van der Waals surface area contributed by atoms with Gasteiger partial charge in [0.25, 0.3) is 15.6 Å². The number of aromatic nitrogens is 2. The number of carbonyl (C=O) groups is 2. The fourth-order valence-electron chi connectivity index (χ4n) is 7.64. The molecule has 3 aliphatic heterocycles. The van der Waals surface area contributed by atoms with E-state index in [1.165, 1.54) is 12.1 Å². The van der Waals surface area contributed by atoms with Crippen molar-refractivity contribution in [1.82, 2.24) is 19.3 Å². The molecule has 0 saturated carbocycles. The number of hydrogen-bond donors (Lipinski definition) is 1. The van der Waals surface area contributed by atoms with Gasteiger partial charge in [-0.1, -0.05) is 48.9 Å². The Labute approximate surface area is 324 Å². The van der Waals surface area contributed by atoms with Crippen LogP contribution in [0.4, 0.5) is 0 Å². The van der Waals surface area contributed by atoms with E-state index >= 15 is 0 Å². The van der Waals surface area contributed by atoms with Crippen LogP contribution < -0.4 is 10.3 Å². The number of ether oxygens (including phenoxy) is 3. The summed E-state index contributed by atoms with van der Waals surface area (Å²) in [6.07, 6.45) is 1.76. The topological polar surface area (TPSA) is 178 Å². The van der Waals surface area contributed by atoms with Crippen molar-refractivity contribution < 1.29 is 37.4 Å². The summed E-state index contributed by atoms with van der Waals surface area (Å²) >= 11 is 0. The lowest BCUT2D eigenvalue weighted by Gasteiger charge is -2.35. The smallest absolute Gasteiger partial charge is 0.355 e. The average Bonchev–Trinajstić information content (AvgIpc) is 3.59. The maximum absolute atomic E-state index is 13.9. The second-order valence-electron chi connectivity index (χ2n) is 15.4. The Kier molecular flexibility index (Phi) is 10.0.